The van der Waals surface area contributed by atoms with Crippen LogP contribution in [0.5, 0.6) is 5.75 Å². The monoisotopic (exact) mass is 435 g/mol. The first-order valence-electron chi connectivity index (χ1n) is 9.31. The van der Waals surface area contributed by atoms with Crippen molar-refractivity contribution >= 4 is 11.6 Å². The summed E-state index contributed by atoms with van der Waals surface area (Å²) in [4.78, 5) is 22.9. The van der Waals surface area contributed by atoms with E-state index in [0.29, 0.717) is 33.8 Å². The molecular formula is C20H17F4N5O2. The molecule has 7 nitrogen and oxygen atoms in total. The maximum Gasteiger partial charge on any atom is 0.408 e. The number of rotatable bonds is 6. The minimum atomic E-state index is -4.41. The average molecular weight is 435 g/mol. The van der Waals surface area contributed by atoms with Gasteiger partial charge in [0.05, 0.1) is 41.6 Å². The Kier molecular flexibility index (Phi) is 5.34. The van der Waals surface area contributed by atoms with Crippen LogP contribution in [0.2, 0.25) is 0 Å². The summed E-state index contributed by atoms with van der Waals surface area (Å²) in [5, 5.41) is 3.70. The second-order valence-electron chi connectivity index (χ2n) is 7.00. The number of amides is 1. The van der Waals surface area contributed by atoms with E-state index < -0.39 is 19.4 Å². The first kappa shape index (κ1) is 20.8. The summed E-state index contributed by atoms with van der Waals surface area (Å²) in [6.45, 7) is -0.0934. The Balaban J connectivity index is 1.61. The molecule has 1 amide bonds. The minimum Gasteiger partial charge on any atom is -0.489 e. The van der Waals surface area contributed by atoms with Gasteiger partial charge in [0.1, 0.15) is 25.6 Å². The molecule has 0 radical (unpaired) electrons. The molecule has 3 aromatic rings. The van der Waals surface area contributed by atoms with Crippen LogP contribution in [0.3, 0.4) is 0 Å². The van der Waals surface area contributed by atoms with Gasteiger partial charge in [-0.25, -0.2) is 4.39 Å². The Morgan fingerprint density at radius 2 is 2.00 bits per heavy atom. The number of nitrogens with zero attached hydrogens (tertiary/aromatic N) is 5. The Morgan fingerprint density at radius 1 is 1.19 bits per heavy atom. The number of anilines is 1. The summed E-state index contributed by atoms with van der Waals surface area (Å²) in [7, 11) is 0. The summed E-state index contributed by atoms with van der Waals surface area (Å²) < 4.78 is 56.1. The standard InChI is InChI=1S/C20H17F4N5O2/c1-12-4-16(13-5-15(8-25-6-13)31-3-2-21)27-17-10-29(19(30)18(12)17)14-7-26-28(9-14)11-20(22,23)24/h4-9H,2-3,10-11H2,1H3. The van der Waals surface area contributed by atoms with Crippen molar-refractivity contribution < 1.29 is 27.1 Å². The van der Waals surface area contributed by atoms with Crippen molar-refractivity contribution in [1.29, 1.82) is 0 Å². The largest absolute Gasteiger partial charge is 0.489 e. The lowest BCUT2D eigenvalue weighted by molar-refractivity contribution is -0.142. The first-order chi connectivity index (χ1) is 14.7. The Hall–Kier alpha value is -3.50. The molecule has 0 spiro atoms. The van der Waals surface area contributed by atoms with Gasteiger partial charge in [-0.05, 0) is 24.6 Å². The van der Waals surface area contributed by atoms with Gasteiger partial charge in [0, 0.05) is 18.0 Å². The first-order valence-corrected chi connectivity index (χ1v) is 9.31. The Bertz CT molecular complexity index is 1130. The number of ether oxygens (including phenoxy) is 1. The highest BCUT2D eigenvalue weighted by molar-refractivity contribution is 6.10. The fourth-order valence-corrected chi connectivity index (χ4v) is 3.41. The van der Waals surface area contributed by atoms with E-state index in [1.807, 2.05) is 0 Å². The van der Waals surface area contributed by atoms with Crippen molar-refractivity contribution in [2.24, 2.45) is 0 Å². The third-order valence-corrected chi connectivity index (χ3v) is 4.69. The van der Waals surface area contributed by atoms with Crippen molar-refractivity contribution in [1.82, 2.24) is 19.7 Å². The summed E-state index contributed by atoms with van der Waals surface area (Å²) in [6.07, 6.45) is 1.03. The molecule has 0 aliphatic carbocycles. The Morgan fingerprint density at radius 3 is 2.74 bits per heavy atom. The highest BCUT2D eigenvalue weighted by atomic mass is 19.4. The van der Waals surface area contributed by atoms with Crippen LogP contribution in [0.1, 0.15) is 21.6 Å². The van der Waals surface area contributed by atoms with Gasteiger partial charge < -0.3 is 4.74 Å². The topological polar surface area (TPSA) is 73.1 Å². The predicted molar refractivity (Wildman–Crippen MR) is 102 cm³/mol. The smallest absolute Gasteiger partial charge is 0.408 e. The molecule has 3 aromatic heterocycles. The van der Waals surface area contributed by atoms with Gasteiger partial charge in [-0.3, -0.25) is 24.3 Å². The van der Waals surface area contributed by atoms with E-state index in [9.17, 15) is 22.4 Å². The van der Waals surface area contributed by atoms with Gasteiger partial charge >= 0.3 is 6.18 Å². The molecule has 1 aliphatic heterocycles. The molecule has 0 bridgehead atoms. The van der Waals surface area contributed by atoms with Crippen LogP contribution in [0.4, 0.5) is 23.2 Å². The van der Waals surface area contributed by atoms with E-state index in [2.05, 4.69) is 15.1 Å². The summed E-state index contributed by atoms with van der Waals surface area (Å²) in [5.41, 5.74) is 3.02. The number of halogens is 4. The van der Waals surface area contributed by atoms with Crippen LogP contribution in [0.15, 0.2) is 36.9 Å². The van der Waals surface area contributed by atoms with Crippen LogP contribution >= 0.6 is 0 Å². The van der Waals surface area contributed by atoms with Gasteiger partial charge in [0.15, 0.2) is 0 Å². The molecule has 0 atom stereocenters. The number of carbonyl (C=O) groups is 1. The number of aromatic nitrogens is 4. The van der Waals surface area contributed by atoms with Crippen molar-refractivity contribution in [2.75, 3.05) is 18.2 Å². The fraction of sp³-hybridized carbons (Fsp3) is 0.300. The van der Waals surface area contributed by atoms with Crippen molar-refractivity contribution in [3.05, 3.63) is 53.7 Å². The maximum absolute atomic E-state index is 12.9. The molecule has 31 heavy (non-hydrogen) atoms. The number of hydrogen-bond donors (Lipinski definition) is 0. The average Bonchev–Trinajstić information content (AvgIpc) is 3.29. The van der Waals surface area contributed by atoms with Gasteiger partial charge in [0.25, 0.3) is 5.91 Å². The normalized spacial score (nSPS) is 13.6. The number of carbonyl (C=O) groups excluding carboxylic acids is 1. The van der Waals surface area contributed by atoms with Crippen LogP contribution in [0, 0.1) is 6.92 Å². The fourth-order valence-electron chi connectivity index (χ4n) is 3.41. The van der Waals surface area contributed by atoms with Crippen molar-refractivity contribution in [2.45, 2.75) is 26.2 Å². The zero-order valence-corrected chi connectivity index (χ0v) is 16.4. The lowest BCUT2D eigenvalue weighted by Gasteiger charge is -2.12. The van der Waals surface area contributed by atoms with Crippen LogP contribution in [0.25, 0.3) is 11.3 Å². The maximum atomic E-state index is 12.9. The van der Waals surface area contributed by atoms with E-state index in [0.717, 1.165) is 4.68 Å². The van der Waals surface area contributed by atoms with Gasteiger partial charge in [-0.2, -0.15) is 18.3 Å². The second kappa shape index (κ2) is 7.97. The van der Waals surface area contributed by atoms with E-state index in [1.54, 1.807) is 25.3 Å². The molecule has 11 heteroatoms. The SMILES string of the molecule is Cc1cc(-c2cncc(OCCF)c2)nc2c1C(=O)N(c1cnn(CC(F)(F)F)c1)C2. The summed E-state index contributed by atoms with van der Waals surface area (Å²) >= 11 is 0. The number of pyridine rings is 2. The highest BCUT2D eigenvalue weighted by Gasteiger charge is 2.34. The highest BCUT2D eigenvalue weighted by Crippen LogP contribution is 2.32. The number of hydrogen-bond acceptors (Lipinski definition) is 5. The summed E-state index contributed by atoms with van der Waals surface area (Å²) in [6, 6.07) is 3.40. The molecule has 0 saturated heterocycles. The quantitative estimate of drug-likeness (QED) is 0.552. The van der Waals surface area contributed by atoms with Crippen LogP contribution in [-0.2, 0) is 13.1 Å². The van der Waals surface area contributed by atoms with E-state index in [4.69, 9.17) is 4.74 Å². The number of fused-ring (bicyclic) bond motifs is 1. The molecule has 4 rings (SSSR count). The zero-order chi connectivity index (χ0) is 22.2. The van der Waals surface area contributed by atoms with Crippen molar-refractivity contribution in [3.63, 3.8) is 0 Å². The van der Waals surface area contributed by atoms with Crippen molar-refractivity contribution in [3.8, 4) is 17.0 Å². The molecule has 1 aliphatic rings. The molecule has 4 heterocycles. The second-order valence-corrected chi connectivity index (χ2v) is 7.00. The van der Waals surface area contributed by atoms with Crippen LogP contribution < -0.4 is 9.64 Å². The van der Waals surface area contributed by atoms with Crippen LogP contribution in [-0.4, -0.2) is 45.1 Å². The van der Waals surface area contributed by atoms with Gasteiger partial charge in [-0.1, -0.05) is 0 Å². The van der Waals surface area contributed by atoms with Gasteiger partial charge in [0.2, 0.25) is 0 Å². The third kappa shape index (κ3) is 4.35. The molecule has 0 saturated carbocycles. The molecule has 0 N–H and O–H groups in total. The minimum absolute atomic E-state index is 0.0900. The molecule has 162 valence electrons. The molecular weight excluding hydrogens is 418 g/mol. The van der Waals surface area contributed by atoms with E-state index in [1.165, 1.54) is 23.5 Å². The molecule has 0 fully saturated rings. The Labute approximate surface area is 174 Å². The lowest BCUT2D eigenvalue weighted by Crippen LogP contribution is -2.23. The molecule has 0 unspecified atom stereocenters. The molecule has 0 aromatic carbocycles. The van der Waals surface area contributed by atoms with E-state index >= 15 is 0 Å². The predicted octanol–water partition coefficient (Wildman–Crippen LogP) is 3.72. The third-order valence-electron chi connectivity index (χ3n) is 4.69. The zero-order valence-electron chi connectivity index (χ0n) is 16.4. The lowest BCUT2D eigenvalue weighted by atomic mass is 10.1. The number of aryl methyl sites for hydroxylation is 1. The summed E-state index contributed by atoms with van der Waals surface area (Å²) in [5.74, 6) is 0.0427. The number of alkyl halides is 4. The van der Waals surface area contributed by atoms with Gasteiger partial charge in [-0.15, -0.1) is 0 Å². The van der Waals surface area contributed by atoms with E-state index in [-0.39, 0.29) is 24.7 Å².